The van der Waals surface area contributed by atoms with E-state index in [2.05, 4.69) is 94.1 Å². The molecule has 13 N–H and O–H groups in total. The highest BCUT2D eigenvalue weighted by molar-refractivity contribution is 8.76. The first-order valence-corrected chi connectivity index (χ1v) is 47.7. The van der Waals surface area contributed by atoms with E-state index in [0.717, 1.165) is 80.1 Å². The highest BCUT2D eigenvalue weighted by Crippen LogP contribution is 2.68. The maximum absolute atomic E-state index is 15.4. The van der Waals surface area contributed by atoms with Crippen LogP contribution in [0.3, 0.4) is 0 Å². The van der Waals surface area contributed by atoms with Gasteiger partial charge in [0.15, 0.2) is 39.9 Å². The Morgan fingerprint density at radius 3 is 2.08 bits per heavy atom. The number of hydrogen-bond acceptors (Lipinski definition) is 35. The molecule has 6 aliphatic rings. The van der Waals surface area contributed by atoms with Crippen molar-refractivity contribution in [3.8, 4) is 5.75 Å². The summed E-state index contributed by atoms with van der Waals surface area (Å²) in [7, 11) is 7.32. The van der Waals surface area contributed by atoms with E-state index in [-0.39, 0.29) is 104 Å². The fourth-order valence-corrected chi connectivity index (χ4v) is 22.3. The molecule has 1 saturated carbocycles. The summed E-state index contributed by atoms with van der Waals surface area (Å²) in [5.41, 5.74) is 6.53. The smallest absolute Gasteiger partial charge is 0.407 e. The Morgan fingerprint density at radius 2 is 1.42 bits per heavy atom. The molecule has 3 unspecified atom stereocenters. The molecule has 12 rings (SSSR count). The number of methoxy groups -OCH3 is 2. The van der Waals surface area contributed by atoms with Gasteiger partial charge < -0.3 is 90.8 Å². The van der Waals surface area contributed by atoms with Crippen LogP contribution in [-0.2, 0) is 121 Å². The Labute approximate surface area is 797 Å². The number of carbonyl (C=O) groups excluding carboxylic acids is 14. The van der Waals surface area contributed by atoms with Gasteiger partial charge in [-0.25, -0.2) is 14.8 Å². The van der Waals surface area contributed by atoms with Crippen LogP contribution in [0.4, 0.5) is 16.4 Å². The second-order valence-electron chi connectivity index (χ2n) is 35.2. The van der Waals surface area contributed by atoms with E-state index in [4.69, 9.17) is 62.9 Å². The van der Waals surface area contributed by atoms with Gasteiger partial charge in [-0.2, -0.15) is 33.8 Å². The number of carbonyl (C=O) groups is 10. The molecule has 15 atom stereocenters. The minimum atomic E-state index is -2.47. The number of benzene rings is 3. The number of amides is 4. The van der Waals surface area contributed by atoms with Crippen LogP contribution < -0.4 is 42.2 Å². The summed E-state index contributed by atoms with van der Waals surface area (Å²) in [5, 5.41) is 70.8. The lowest BCUT2D eigenvalue weighted by atomic mass is 9.47. The number of aliphatic hydroxyl groups excluding tert-OH is 1. The summed E-state index contributed by atoms with van der Waals surface area (Å²) in [4.78, 5) is 223. The van der Waals surface area contributed by atoms with Crippen LogP contribution in [0, 0.1) is 29.1 Å². The summed E-state index contributed by atoms with van der Waals surface area (Å²) < 4.78 is 33.3. The molecule has 742 valence electrons. The van der Waals surface area contributed by atoms with Crippen LogP contribution in [0.2, 0.25) is 0 Å². The Morgan fingerprint density at radius 1 is 0.737 bits per heavy atom. The van der Waals surface area contributed by atoms with E-state index < -0.39 is 173 Å². The van der Waals surface area contributed by atoms with Crippen LogP contribution in [-0.4, -0.2) is 311 Å². The zero-order valence-electron chi connectivity index (χ0n) is 77.8. The number of likely N-dealkylation sites (N-methyl/N-ethyl adjacent to an activating group) is 1. The van der Waals surface area contributed by atoms with Crippen LogP contribution in [0.5, 0.6) is 5.75 Å². The van der Waals surface area contributed by atoms with E-state index in [0.29, 0.717) is 102 Å². The van der Waals surface area contributed by atoms with Gasteiger partial charge in [0.05, 0.1) is 101 Å². The molecule has 43 heteroatoms. The van der Waals surface area contributed by atoms with Crippen molar-refractivity contribution in [3.05, 3.63) is 129 Å². The first-order valence-electron chi connectivity index (χ1n) is 45.2. The van der Waals surface area contributed by atoms with Crippen molar-refractivity contribution in [2.24, 2.45) is 29.1 Å². The average Bonchev–Trinajstić information content (AvgIpc) is 1.49. The number of aromatic amines is 2. The molecule has 3 aromatic carbocycles. The SMILES string of the molecule is CC[C@]1(O)CC2CN(CCc3c([nH]c4ccccc34)[C@@](C)(c3cc4c(cc3OC)N(C)[C@H]3[C@@](O)(C(=O)CNC(=O)OCCSSCC(CC(=O)[C@H](C)NC(=O)[C@H](C)CC(=O)[C@H](CNC(=O)CCOCCOCCOCCOC)NC(=O)CC[C@H](CC(=O)c5ccc(CCc6cnc7nc(N)[nH]c(=O)c7n6)cc5)C(=O)O)C(=O)O)[C@H](O)[C@]5(CC)C=CCN6CC[C@]43[C@@H]65)C2)C1.O=C=O.O=C=O.O=C=O. The standard InChI is InChI=1S/C91H121N13O22S2.3CO2/c1-9-88(119)46-56-45-87(5,76-62(24-29-103(50-56)52-88)61-14-11-12-15-65(61)99-76)64-43-63-67(44-71(64)122-8)102(6)83-90(63)27-30-104-28-13-26-89(10-2,82(90)104)84(117)91(83,120)72(108)49-95-86(118)126-38-39-127-128-51-59(81(115)116)42-68(105)54(4)96-78(111)53(3)40-70(107)66(48-93-73(109)25-31-123-34-35-125-37-36-124-33-32-121-7)98-74(110)23-21-58(80(113)114)41-69(106)57-19-16-55(17-20-57)18-22-60-47-94-77-75(97-60)79(112)101-85(92)100-77;3*2-1-3/h11-17,19-20,26,43-44,47,53-54,56,58-59,66,82-84,99,117,119-120H,9-10,18,21-25,27-42,45-46,48-52H2,1-8H3,(H,93,109)(H,95,118)(H,96,111)(H,98,110)(H,113,114)(H,115,116)(H3,92,94,100,101,112);;;/t53-,54+,56?,58-,59?,66+,82+,83-,84-,87-,88+,89-,90-,91+;;;/m1.../s1. The summed E-state index contributed by atoms with van der Waals surface area (Å²) in [6.07, 6.45) is 5.54. The maximum atomic E-state index is 15.4. The fraction of sp³-hybridized carbons (Fsp3) is 0.564. The number of aromatic nitrogens is 5. The van der Waals surface area contributed by atoms with Crippen LogP contribution in [0.15, 0.2) is 83.8 Å². The molecule has 8 heterocycles. The molecule has 6 aromatic rings. The largest absolute Gasteiger partial charge is 0.496 e. The number of carboxylic acids is 2. The third-order valence-electron chi connectivity index (χ3n) is 26.7. The zero-order chi connectivity index (χ0) is 100. The topological polar surface area (TPSA) is 601 Å². The summed E-state index contributed by atoms with van der Waals surface area (Å²) in [6, 6.07) is 15.1. The number of ether oxygens (including phenoxy) is 6. The highest BCUT2D eigenvalue weighted by Gasteiger charge is 2.78. The van der Waals surface area contributed by atoms with E-state index in [1.54, 1.807) is 38.5 Å². The number of aryl methyl sites for hydroxylation is 2. The van der Waals surface area contributed by atoms with Gasteiger partial charge in [-0.1, -0.05) is 97.0 Å². The van der Waals surface area contributed by atoms with Gasteiger partial charge in [0.25, 0.3) is 5.56 Å². The average molecular weight is 1950 g/mol. The lowest BCUT2D eigenvalue weighted by molar-refractivity contribution is -0.201. The molecule has 3 aromatic heterocycles. The maximum Gasteiger partial charge on any atom is 0.407 e. The molecule has 3 fully saturated rings. The summed E-state index contributed by atoms with van der Waals surface area (Å²) in [6.45, 7) is 12.9. The van der Waals surface area contributed by atoms with E-state index in [9.17, 15) is 73.5 Å². The molecule has 0 radical (unpaired) electrons. The number of nitrogens with one attached hydrogen (secondary N) is 6. The molecule has 137 heavy (non-hydrogen) atoms. The third kappa shape index (κ3) is 26.4. The molecular formula is C94H121N13O28S2. The predicted octanol–water partition coefficient (Wildman–Crippen LogP) is 3.62. The van der Waals surface area contributed by atoms with Crippen molar-refractivity contribution in [2.75, 3.05) is 142 Å². The number of fused-ring (bicyclic) bond motifs is 7. The van der Waals surface area contributed by atoms with Crippen molar-refractivity contribution >= 4 is 133 Å². The number of ketones is 4. The Kier molecular flexibility index (Phi) is 40.3. The first-order chi connectivity index (χ1) is 65.5. The van der Waals surface area contributed by atoms with Crippen molar-refractivity contribution in [2.45, 2.75) is 177 Å². The number of H-pyrrole nitrogens is 2. The minimum absolute atomic E-state index is 0.0310. The minimum Gasteiger partial charge on any atom is -0.496 e. The van der Waals surface area contributed by atoms with Gasteiger partial charge in [-0.05, 0) is 113 Å². The van der Waals surface area contributed by atoms with Crippen LogP contribution in [0.1, 0.15) is 149 Å². The molecule has 1 spiro atoms. The van der Waals surface area contributed by atoms with E-state index >= 15 is 4.79 Å². The quantitative estimate of drug-likeness (QED) is 0.0112. The number of piperidine rings is 1. The van der Waals surface area contributed by atoms with Gasteiger partial charge >= 0.3 is 36.5 Å². The van der Waals surface area contributed by atoms with Gasteiger partial charge in [0.1, 0.15) is 24.5 Å². The monoisotopic (exact) mass is 1940 g/mol. The molecule has 1 aliphatic carbocycles. The number of hydrogen-bond donors (Lipinski definition) is 12. The van der Waals surface area contributed by atoms with Crippen molar-refractivity contribution < 1.29 is 131 Å². The van der Waals surface area contributed by atoms with Crippen LogP contribution >= 0.6 is 21.6 Å². The molecule has 4 amide bonds. The second kappa shape index (κ2) is 50.6. The Hall–Kier alpha value is -11.7. The van der Waals surface area contributed by atoms with Gasteiger partial charge in [-0.3, -0.25) is 62.7 Å². The number of nitrogens with two attached hydrogens (primary N) is 1. The van der Waals surface area contributed by atoms with E-state index in [1.807, 2.05) is 43.2 Å². The number of aliphatic hydroxyl groups is 3. The Bertz CT molecular complexity index is 5440. The van der Waals surface area contributed by atoms with E-state index in [1.165, 1.54) is 25.6 Å². The lowest BCUT2D eigenvalue weighted by Gasteiger charge is -2.63. The number of carboxylic acid groups (broad SMARTS) is 2. The summed E-state index contributed by atoms with van der Waals surface area (Å²) >= 11 is 0. The van der Waals surface area contributed by atoms with Gasteiger partial charge in [0.2, 0.25) is 23.7 Å². The van der Waals surface area contributed by atoms with Gasteiger partial charge in [-0.15, -0.1) is 0 Å². The lowest BCUT2D eigenvalue weighted by Crippen LogP contribution is -2.81. The third-order valence-corrected chi connectivity index (χ3v) is 29.1. The van der Waals surface area contributed by atoms with Crippen LogP contribution in [0.25, 0.3) is 22.1 Å². The first kappa shape index (κ1) is 109. The fourth-order valence-electron chi connectivity index (χ4n) is 20.1. The zero-order valence-corrected chi connectivity index (χ0v) is 79.5. The number of rotatable bonds is 47. The number of aliphatic carboxylic acids is 2. The number of para-hydroxylation sites is 1. The van der Waals surface area contributed by atoms with Gasteiger partial charge in [0, 0.05) is 158 Å². The van der Waals surface area contributed by atoms with Crippen molar-refractivity contribution in [1.82, 2.24) is 56.0 Å². The Balaban J connectivity index is 0.00000225. The van der Waals surface area contributed by atoms with Crippen molar-refractivity contribution in [3.63, 3.8) is 0 Å². The van der Waals surface area contributed by atoms with Crippen molar-refractivity contribution in [1.29, 1.82) is 0 Å². The molecule has 2 saturated heterocycles. The summed E-state index contributed by atoms with van der Waals surface area (Å²) in [5.74, 6) is -10.5. The molecule has 2 bridgehead atoms. The number of nitrogen functional groups attached to an aromatic ring is 1. The molecular weight excluding hydrogens is 1820 g/mol. The number of Topliss-reactive ketones (excluding diaryl/α,β-unsaturated/α-hetero) is 4. The molecule has 41 nitrogen and oxygen atoms in total. The highest BCUT2D eigenvalue weighted by atomic mass is 33.1. The molecule has 5 aliphatic heterocycles. The predicted molar refractivity (Wildman–Crippen MR) is 493 cm³/mol. The number of alkyl carbamates (subject to hydrolysis) is 1. The number of nitrogens with zero attached hydrogens (tertiary/aromatic N) is 6. The second-order valence-corrected chi connectivity index (χ2v) is 37.9. The number of anilines is 2. The normalized spacial score (nSPS) is 23.0.